The lowest BCUT2D eigenvalue weighted by molar-refractivity contribution is -0.141. The zero-order valence-electron chi connectivity index (χ0n) is 13.8. The van der Waals surface area contributed by atoms with Crippen molar-refractivity contribution in [1.82, 2.24) is 4.90 Å². The van der Waals surface area contributed by atoms with E-state index in [1.807, 2.05) is 30.3 Å². The minimum absolute atomic E-state index is 0.0877. The molecule has 0 saturated heterocycles. The standard InChI is InChI=1S/C19H18N2O4/c1-25-18(23)12-21(11-13-5-3-2-4-6-13)19(24)14-7-8-16-15(9-14)10-17(22)20-16/h2-9H,10-12H2,1H3,(H,20,22). The minimum atomic E-state index is -0.484. The summed E-state index contributed by atoms with van der Waals surface area (Å²) in [6.45, 7) is 0.154. The van der Waals surface area contributed by atoms with Gasteiger partial charge in [-0.15, -0.1) is 0 Å². The van der Waals surface area contributed by atoms with Crippen LogP contribution in [-0.4, -0.2) is 36.3 Å². The van der Waals surface area contributed by atoms with Crippen LogP contribution in [0.3, 0.4) is 0 Å². The maximum absolute atomic E-state index is 12.9. The van der Waals surface area contributed by atoms with Crippen LogP contribution in [-0.2, 0) is 27.3 Å². The monoisotopic (exact) mass is 338 g/mol. The SMILES string of the molecule is COC(=O)CN(Cc1ccccc1)C(=O)c1ccc2c(c1)CC(=O)N2. The molecule has 2 aromatic rings. The molecule has 0 aromatic heterocycles. The Morgan fingerprint density at radius 2 is 1.92 bits per heavy atom. The molecule has 1 aliphatic rings. The summed E-state index contributed by atoms with van der Waals surface area (Å²) in [5.41, 5.74) is 2.87. The van der Waals surface area contributed by atoms with Gasteiger partial charge in [0.1, 0.15) is 6.54 Å². The Kier molecular flexibility index (Phi) is 4.79. The number of hydrogen-bond acceptors (Lipinski definition) is 4. The highest BCUT2D eigenvalue weighted by atomic mass is 16.5. The molecule has 0 spiro atoms. The number of nitrogens with one attached hydrogen (secondary N) is 1. The van der Waals surface area contributed by atoms with Crippen LogP contribution in [0.4, 0.5) is 5.69 Å². The van der Waals surface area contributed by atoms with Crippen LogP contribution in [0.5, 0.6) is 0 Å². The van der Waals surface area contributed by atoms with Crippen LogP contribution in [0.25, 0.3) is 0 Å². The smallest absolute Gasteiger partial charge is 0.325 e. The van der Waals surface area contributed by atoms with Gasteiger partial charge in [-0.2, -0.15) is 0 Å². The number of fused-ring (bicyclic) bond motifs is 1. The van der Waals surface area contributed by atoms with Crippen LogP contribution in [0.15, 0.2) is 48.5 Å². The Labute approximate surface area is 145 Å². The third-order valence-electron chi connectivity index (χ3n) is 4.03. The van der Waals surface area contributed by atoms with Crippen molar-refractivity contribution < 1.29 is 19.1 Å². The van der Waals surface area contributed by atoms with Crippen molar-refractivity contribution in [1.29, 1.82) is 0 Å². The van der Waals surface area contributed by atoms with Crippen LogP contribution < -0.4 is 5.32 Å². The highest BCUT2D eigenvalue weighted by Gasteiger charge is 2.23. The summed E-state index contributed by atoms with van der Waals surface area (Å²) in [5, 5.41) is 2.74. The first-order chi connectivity index (χ1) is 12.1. The molecule has 128 valence electrons. The highest BCUT2D eigenvalue weighted by Crippen LogP contribution is 2.24. The zero-order valence-corrected chi connectivity index (χ0v) is 13.8. The van der Waals surface area contributed by atoms with Gasteiger partial charge >= 0.3 is 5.97 Å². The summed E-state index contributed by atoms with van der Waals surface area (Å²) in [6.07, 6.45) is 0.256. The van der Waals surface area contributed by atoms with Gasteiger partial charge in [0.15, 0.2) is 0 Å². The first kappa shape index (κ1) is 16.7. The molecule has 1 aliphatic heterocycles. The first-order valence-corrected chi connectivity index (χ1v) is 7.89. The van der Waals surface area contributed by atoms with Gasteiger partial charge in [0.2, 0.25) is 5.91 Å². The molecular formula is C19H18N2O4. The van der Waals surface area contributed by atoms with E-state index in [0.29, 0.717) is 12.1 Å². The molecule has 0 atom stereocenters. The van der Waals surface area contributed by atoms with Gasteiger partial charge in [-0.1, -0.05) is 30.3 Å². The van der Waals surface area contributed by atoms with Crippen molar-refractivity contribution in [3.05, 3.63) is 65.2 Å². The summed E-state index contributed by atoms with van der Waals surface area (Å²) in [4.78, 5) is 37.5. The summed E-state index contributed by atoms with van der Waals surface area (Å²) >= 11 is 0. The molecule has 2 amide bonds. The molecule has 0 bridgehead atoms. The van der Waals surface area contributed by atoms with Crippen LogP contribution in [0, 0.1) is 0 Å². The summed E-state index contributed by atoms with van der Waals surface area (Å²) in [6, 6.07) is 14.5. The van der Waals surface area contributed by atoms with E-state index < -0.39 is 5.97 Å². The molecular weight excluding hydrogens is 320 g/mol. The molecule has 0 fully saturated rings. The fourth-order valence-corrected chi connectivity index (χ4v) is 2.77. The van der Waals surface area contributed by atoms with E-state index in [1.54, 1.807) is 18.2 Å². The molecule has 6 heteroatoms. The Bertz CT molecular complexity index is 817. The number of methoxy groups -OCH3 is 1. The third kappa shape index (κ3) is 3.85. The van der Waals surface area contributed by atoms with Gasteiger partial charge in [-0.3, -0.25) is 14.4 Å². The molecule has 2 aromatic carbocycles. The molecule has 25 heavy (non-hydrogen) atoms. The van der Waals surface area contributed by atoms with Gasteiger partial charge in [0, 0.05) is 17.8 Å². The van der Waals surface area contributed by atoms with Crippen LogP contribution >= 0.6 is 0 Å². The van der Waals surface area contributed by atoms with Gasteiger partial charge in [-0.05, 0) is 29.3 Å². The second kappa shape index (κ2) is 7.17. The number of rotatable bonds is 5. The second-order valence-electron chi connectivity index (χ2n) is 5.82. The zero-order chi connectivity index (χ0) is 17.8. The van der Waals surface area contributed by atoms with Crippen molar-refractivity contribution in [3.63, 3.8) is 0 Å². The topological polar surface area (TPSA) is 75.7 Å². The predicted molar refractivity (Wildman–Crippen MR) is 92.0 cm³/mol. The maximum atomic E-state index is 12.9. The Hall–Kier alpha value is -3.15. The highest BCUT2D eigenvalue weighted by molar-refractivity contribution is 6.02. The molecule has 3 rings (SSSR count). The van der Waals surface area contributed by atoms with E-state index in [4.69, 9.17) is 4.74 Å². The lowest BCUT2D eigenvalue weighted by atomic mass is 10.1. The van der Waals surface area contributed by atoms with E-state index in [9.17, 15) is 14.4 Å². The Balaban J connectivity index is 1.84. The molecule has 0 saturated carbocycles. The third-order valence-corrected chi connectivity index (χ3v) is 4.03. The average molecular weight is 338 g/mol. The Morgan fingerprint density at radius 3 is 2.64 bits per heavy atom. The summed E-state index contributed by atoms with van der Waals surface area (Å²) in [7, 11) is 1.29. The van der Waals surface area contributed by atoms with Crippen LogP contribution in [0.2, 0.25) is 0 Å². The van der Waals surface area contributed by atoms with Crippen molar-refractivity contribution >= 4 is 23.5 Å². The number of hydrogen-bond donors (Lipinski definition) is 1. The van der Waals surface area contributed by atoms with E-state index in [-0.39, 0.29) is 24.8 Å². The fraction of sp³-hybridized carbons (Fsp3) is 0.211. The molecule has 0 unspecified atom stereocenters. The van der Waals surface area contributed by atoms with Crippen molar-refractivity contribution in [3.8, 4) is 0 Å². The van der Waals surface area contributed by atoms with Gasteiger partial charge in [0.05, 0.1) is 13.5 Å². The number of anilines is 1. The number of amides is 2. The maximum Gasteiger partial charge on any atom is 0.325 e. The van der Waals surface area contributed by atoms with Crippen molar-refractivity contribution in [2.45, 2.75) is 13.0 Å². The second-order valence-corrected chi connectivity index (χ2v) is 5.82. The largest absolute Gasteiger partial charge is 0.468 e. The summed E-state index contributed by atoms with van der Waals surface area (Å²) in [5.74, 6) is -0.853. The van der Waals surface area contributed by atoms with E-state index >= 15 is 0 Å². The van der Waals surface area contributed by atoms with E-state index in [2.05, 4.69) is 5.32 Å². The Morgan fingerprint density at radius 1 is 1.16 bits per heavy atom. The predicted octanol–water partition coefficient (Wildman–Crippen LogP) is 2.00. The first-order valence-electron chi connectivity index (χ1n) is 7.89. The number of carbonyl (C=O) groups is 3. The average Bonchev–Trinajstić information content (AvgIpc) is 3.00. The van der Waals surface area contributed by atoms with Gasteiger partial charge in [-0.25, -0.2) is 0 Å². The lowest BCUT2D eigenvalue weighted by Gasteiger charge is -2.22. The minimum Gasteiger partial charge on any atom is -0.468 e. The number of benzene rings is 2. The fourth-order valence-electron chi connectivity index (χ4n) is 2.77. The summed E-state index contributed by atoms with van der Waals surface area (Å²) < 4.78 is 4.71. The molecule has 0 radical (unpaired) electrons. The normalized spacial score (nSPS) is 12.3. The van der Waals surface area contributed by atoms with Gasteiger partial charge in [0.25, 0.3) is 5.91 Å². The van der Waals surface area contributed by atoms with Crippen molar-refractivity contribution in [2.24, 2.45) is 0 Å². The number of carbonyl (C=O) groups excluding carboxylic acids is 3. The van der Waals surface area contributed by atoms with Crippen LogP contribution in [0.1, 0.15) is 21.5 Å². The molecule has 6 nitrogen and oxygen atoms in total. The molecule has 1 N–H and O–H groups in total. The molecule has 0 aliphatic carbocycles. The quantitative estimate of drug-likeness (QED) is 0.846. The lowest BCUT2D eigenvalue weighted by Crippen LogP contribution is -2.35. The number of ether oxygens (including phenoxy) is 1. The van der Waals surface area contributed by atoms with E-state index in [1.165, 1.54) is 12.0 Å². The van der Waals surface area contributed by atoms with Crippen molar-refractivity contribution in [2.75, 3.05) is 19.0 Å². The number of esters is 1. The number of nitrogens with zero attached hydrogens (tertiary/aromatic N) is 1. The molecule has 1 heterocycles. The van der Waals surface area contributed by atoms with E-state index in [0.717, 1.165) is 16.8 Å². The van der Waals surface area contributed by atoms with Gasteiger partial charge < -0.3 is 15.0 Å².